The maximum atomic E-state index is 13.2. The van der Waals surface area contributed by atoms with Gasteiger partial charge in [0.1, 0.15) is 0 Å². The molecule has 2 aromatic rings. The van der Waals surface area contributed by atoms with Crippen LogP contribution in [-0.2, 0) is 6.54 Å². The Bertz CT molecular complexity index is 662. The molecule has 0 atom stereocenters. The first-order valence-electron chi connectivity index (χ1n) is 5.90. The third kappa shape index (κ3) is 3.24. The third-order valence-electron chi connectivity index (χ3n) is 2.88. The van der Waals surface area contributed by atoms with Gasteiger partial charge < -0.3 is 5.32 Å². The standard InChI is InChI=1S/C14H12ClFN2O2/c1-9-2-3-10(6-12(9)15)8-17-11-4-5-13(16)14(7-11)18(19)20/h2-7,17H,8H2,1H3. The molecule has 6 heteroatoms. The summed E-state index contributed by atoms with van der Waals surface area (Å²) < 4.78 is 13.2. The van der Waals surface area contributed by atoms with E-state index < -0.39 is 16.4 Å². The van der Waals surface area contributed by atoms with Crippen LogP contribution in [0, 0.1) is 22.9 Å². The average Bonchev–Trinajstić information content (AvgIpc) is 2.41. The molecular weight excluding hydrogens is 283 g/mol. The zero-order valence-corrected chi connectivity index (χ0v) is 11.4. The molecule has 104 valence electrons. The number of nitrogens with zero attached hydrogens (tertiary/aromatic N) is 1. The van der Waals surface area contributed by atoms with Gasteiger partial charge >= 0.3 is 5.69 Å². The van der Waals surface area contributed by atoms with E-state index in [-0.39, 0.29) is 0 Å². The topological polar surface area (TPSA) is 55.2 Å². The number of aryl methyl sites for hydroxylation is 1. The SMILES string of the molecule is Cc1ccc(CNc2ccc(F)c([N+](=O)[O-])c2)cc1Cl. The number of nitro groups is 1. The lowest BCUT2D eigenvalue weighted by atomic mass is 10.1. The Morgan fingerprint density at radius 2 is 2.05 bits per heavy atom. The van der Waals surface area contributed by atoms with E-state index in [1.165, 1.54) is 12.1 Å². The van der Waals surface area contributed by atoms with Gasteiger partial charge in [0.05, 0.1) is 4.92 Å². The fourth-order valence-corrected chi connectivity index (χ4v) is 1.92. The van der Waals surface area contributed by atoms with Crippen LogP contribution in [0.3, 0.4) is 0 Å². The fourth-order valence-electron chi connectivity index (χ4n) is 1.71. The Labute approximate surface area is 120 Å². The first-order chi connectivity index (χ1) is 9.47. The molecule has 0 spiro atoms. The molecule has 0 unspecified atom stereocenters. The molecule has 2 aromatic carbocycles. The van der Waals surface area contributed by atoms with Crippen molar-refractivity contribution in [1.29, 1.82) is 0 Å². The molecule has 0 saturated carbocycles. The Morgan fingerprint density at radius 3 is 2.70 bits per heavy atom. The van der Waals surface area contributed by atoms with Gasteiger partial charge in [-0.3, -0.25) is 10.1 Å². The second kappa shape index (κ2) is 5.88. The summed E-state index contributed by atoms with van der Waals surface area (Å²) in [6, 6.07) is 9.33. The number of rotatable bonds is 4. The van der Waals surface area contributed by atoms with Crippen molar-refractivity contribution in [3.05, 3.63) is 68.5 Å². The number of anilines is 1. The van der Waals surface area contributed by atoms with E-state index in [2.05, 4.69) is 5.32 Å². The van der Waals surface area contributed by atoms with E-state index in [0.29, 0.717) is 17.3 Å². The van der Waals surface area contributed by atoms with E-state index in [4.69, 9.17) is 11.6 Å². The lowest BCUT2D eigenvalue weighted by molar-refractivity contribution is -0.387. The molecule has 2 rings (SSSR count). The van der Waals surface area contributed by atoms with E-state index in [0.717, 1.165) is 17.2 Å². The van der Waals surface area contributed by atoms with Gasteiger partial charge in [-0.25, -0.2) is 0 Å². The molecule has 0 saturated heterocycles. The second-order valence-corrected chi connectivity index (χ2v) is 4.77. The molecular formula is C14H12ClFN2O2. The van der Waals surface area contributed by atoms with Crippen LogP contribution in [0.15, 0.2) is 36.4 Å². The molecule has 0 fully saturated rings. The number of nitrogens with one attached hydrogen (secondary N) is 1. The molecule has 0 aromatic heterocycles. The van der Waals surface area contributed by atoms with Crippen LogP contribution in [0.2, 0.25) is 5.02 Å². The minimum atomic E-state index is -0.848. The van der Waals surface area contributed by atoms with Gasteiger partial charge in [0.15, 0.2) is 0 Å². The monoisotopic (exact) mass is 294 g/mol. The van der Waals surface area contributed by atoms with Crippen molar-refractivity contribution in [2.45, 2.75) is 13.5 Å². The van der Waals surface area contributed by atoms with Crippen LogP contribution >= 0.6 is 11.6 Å². The summed E-state index contributed by atoms with van der Waals surface area (Å²) in [6.45, 7) is 2.35. The van der Waals surface area contributed by atoms with Crippen molar-refractivity contribution in [2.24, 2.45) is 0 Å². The predicted molar refractivity (Wildman–Crippen MR) is 76.6 cm³/mol. The summed E-state index contributed by atoms with van der Waals surface area (Å²) in [5.74, 6) is -0.848. The molecule has 0 heterocycles. The molecule has 0 bridgehead atoms. The van der Waals surface area contributed by atoms with Crippen LogP contribution in [-0.4, -0.2) is 4.92 Å². The highest BCUT2D eigenvalue weighted by Gasteiger charge is 2.14. The lowest BCUT2D eigenvalue weighted by Gasteiger charge is -2.08. The summed E-state index contributed by atoms with van der Waals surface area (Å²) in [5, 5.41) is 14.3. The highest BCUT2D eigenvalue weighted by molar-refractivity contribution is 6.31. The quantitative estimate of drug-likeness (QED) is 0.675. The van der Waals surface area contributed by atoms with Crippen molar-refractivity contribution in [3.8, 4) is 0 Å². The lowest BCUT2D eigenvalue weighted by Crippen LogP contribution is -2.01. The Morgan fingerprint density at radius 1 is 1.30 bits per heavy atom. The molecule has 0 aliphatic heterocycles. The zero-order chi connectivity index (χ0) is 14.7. The number of nitro benzene ring substituents is 1. The van der Waals surface area contributed by atoms with Crippen LogP contribution in [0.4, 0.5) is 15.8 Å². The Kier molecular flexibility index (Phi) is 4.20. The van der Waals surface area contributed by atoms with E-state index in [9.17, 15) is 14.5 Å². The van der Waals surface area contributed by atoms with Gasteiger partial charge in [-0.2, -0.15) is 4.39 Å². The third-order valence-corrected chi connectivity index (χ3v) is 3.28. The number of benzene rings is 2. The minimum absolute atomic E-state index is 0.447. The van der Waals surface area contributed by atoms with Crippen LogP contribution in [0.25, 0.3) is 0 Å². The normalized spacial score (nSPS) is 10.3. The summed E-state index contributed by atoms with van der Waals surface area (Å²) in [6.07, 6.45) is 0. The van der Waals surface area contributed by atoms with Gasteiger partial charge in [0.2, 0.25) is 5.82 Å². The van der Waals surface area contributed by atoms with Crippen LogP contribution in [0.1, 0.15) is 11.1 Å². The molecule has 1 N–H and O–H groups in total. The molecule has 0 amide bonds. The van der Waals surface area contributed by atoms with Crippen LogP contribution in [0.5, 0.6) is 0 Å². The van der Waals surface area contributed by atoms with Crippen molar-refractivity contribution < 1.29 is 9.31 Å². The number of halogens is 2. The van der Waals surface area contributed by atoms with Crippen molar-refractivity contribution in [1.82, 2.24) is 0 Å². The largest absolute Gasteiger partial charge is 0.381 e. The Hall–Kier alpha value is -2.14. The summed E-state index contributed by atoms with van der Waals surface area (Å²) >= 11 is 6.02. The van der Waals surface area contributed by atoms with Crippen LogP contribution < -0.4 is 5.32 Å². The minimum Gasteiger partial charge on any atom is -0.381 e. The smallest absolute Gasteiger partial charge is 0.306 e. The van der Waals surface area contributed by atoms with Crippen molar-refractivity contribution >= 4 is 23.0 Å². The van der Waals surface area contributed by atoms with Gasteiger partial charge in [0, 0.05) is 23.3 Å². The molecule has 0 radical (unpaired) electrons. The van der Waals surface area contributed by atoms with Crippen molar-refractivity contribution in [2.75, 3.05) is 5.32 Å². The fraction of sp³-hybridized carbons (Fsp3) is 0.143. The highest BCUT2D eigenvalue weighted by Crippen LogP contribution is 2.23. The summed E-state index contributed by atoms with van der Waals surface area (Å²) in [7, 11) is 0. The van der Waals surface area contributed by atoms with E-state index in [1.54, 1.807) is 0 Å². The molecule has 0 aliphatic rings. The van der Waals surface area contributed by atoms with Crippen molar-refractivity contribution in [3.63, 3.8) is 0 Å². The second-order valence-electron chi connectivity index (χ2n) is 4.36. The first-order valence-corrected chi connectivity index (χ1v) is 6.28. The maximum absolute atomic E-state index is 13.2. The van der Waals surface area contributed by atoms with Gasteiger partial charge in [-0.15, -0.1) is 0 Å². The summed E-state index contributed by atoms with van der Waals surface area (Å²) in [5.41, 5.74) is 1.85. The predicted octanol–water partition coefficient (Wildman–Crippen LogP) is 4.31. The average molecular weight is 295 g/mol. The number of hydrogen-bond donors (Lipinski definition) is 1. The molecule has 20 heavy (non-hydrogen) atoms. The molecule has 0 aliphatic carbocycles. The Balaban J connectivity index is 2.12. The highest BCUT2D eigenvalue weighted by atomic mass is 35.5. The number of hydrogen-bond acceptors (Lipinski definition) is 3. The van der Waals surface area contributed by atoms with Gasteiger partial charge in [0.25, 0.3) is 0 Å². The first kappa shape index (κ1) is 14.3. The van der Waals surface area contributed by atoms with E-state index >= 15 is 0 Å². The summed E-state index contributed by atoms with van der Waals surface area (Å²) in [4.78, 5) is 9.90. The van der Waals surface area contributed by atoms with E-state index in [1.807, 2.05) is 25.1 Å². The molecule has 4 nitrogen and oxygen atoms in total. The maximum Gasteiger partial charge on any atom is 0.306 e. The van der Waals surface area contributed by atoms with Gasteiger partial charge in [-0.05, 0) is 36.2 Å². The zero-order valence-electron chi connectivity index (χ0n) is 10.7. The van der Waals surface area contributed by atoms with Gasteiger partial charge in [-0.1, -0.05) is 23.7 Å².